The predicted molar refractivity (Wildman–Crippen MR) is 81.0 cm³/mol. The van der Waals surface area contributed by atoms with Crippen LogP contribution in [0.4, 0.5) is 0 Å². The van der Waals surface area contributed by atoms with Crippen molar-refractivity contribution in [3.8, 4) is 0 Å². The highest BCUT2D eigenvalue weighted by Crippen LogP contribution is 2.26. The molecule has 0 saturated carbocycles. The van der Waals surface area contributed by atoms with Gasteiger partial charge in [0.1, 0.15) is 5.60 Å². The lowest BCUT2D eigenvalue weighted by Gasteiger charge is -2.28. The van der Waals surface area contributed by atoms with E-state index in [2.05, 4.69) is 10.3 Å². The number of hydrogen-bond donors (Lipinski definition) is 1. The molecule has 1 unspecified atom stereocenters. The molecule has 0 fully saturated rings. The zero-order valence-electron chi connectivity index (χ0n) is 14.1. The standard InChI is InChI=1S/C14H26N4O3/c1-9(16-21-14(5,6)7)18(20)10-11(13(2,3)4)15-17(8)12(10)19/h10,20H,1-8H3. The Kier molecular flexibility index (Phi) is 4.67. The Hall–Kier alpha value is -1.63. The fourth-order valence-electron chi connectivity index (χ4n) is 1.77. The van der Waals surface area contributed by atoms with E-state index in [1.807, 2.05) is 41.5 Å². The molecule has 7 heteroatoms. The third-order valence-corrected chi connectivity index (χ3v) is 2.87. The summed E-state index contributed by atoms with van der Waals surface area (Å²) in [7, 11) is 1.57. The van der Waals surface area contributed by atoms with Gasteiger partial charge in [-0.25, -0.2) is 10.1 Å². The van der Waals surface area contributed by atoms with E-state index in [4.69, 9.17) is 4.84 Å². The maximum Gasteiger partial charge on any atom is 0.273 e. The van der Waals surface area contributed by atoms with Gasteiger partial charge < -0.3 is 4.84 Å². The summed E-state index contributed by atoms with van der Waals surface area (Å²) >= 11 is 0. The van der Waals surface area contributed by atoms with Crippen molar-refractivity contribution in [1.29, 1.82) is 0 Å². The minimum absolute atomic E-state index is 0.204. The number of carbonyl (C=O) groups is 1. The van der Waals surface area contributed by atoms with Crippen molar-refractivity contribution in [3.63, 3.8) is 0 Å². The lowest BCUT2D eigenvalue weighted by molar-refractivity contribution is -0.139. The maximum atomic E-state index is 12.2. The van der Waals surface area contributed by atoms with Crippen LogP contribution < -0.4 is 0 Å². The summed E-state index contributed by atoms with van der Waals surface area (Å²) in [5, 5.41) is 20.5. The van der Waals surface area contributed by atoms with Crippen molar-refractivity contribution in [2.24, 2.45) is 15.7 Å². The van der Waals surface area contributed by atoms with Crippen LogP contribution in [0.3, 0.4) is 0 Å². The van der Waals surface area contributed by atoms with Crippen molar-refractivity contribution in [2.75, 3.05) is 7.05 Å². The molecule has 1 aliphatic rings. The molecule has 0 aromatic carbocycles. The van der Waals surface area contributed by atoms with Crippen molar-refractivity contribution in [2.45, 2.75) is 60.1 Å². The van der Waals surface area contributed by atoms with Crippen molar-refractivity contribution in [1.82, 2.24) is 10.1 Å². The number of hydroxylamine groups is 2. The summed E-state index contributed by atoms with van der Waals surface area (Å²) in [5.74, 6) is -0.0942. The van der Waals surface area contributed by atoms with Crippen molar-refractivity contribution in [3.05, 3.63) is 0 Å². The van der Waals surface area contributed by atoms with E-state index >= 15 is 0 Å². The Morgan fingerprint density at radius 3 is 2.29 bits per heavy atom. The van der Waals surface area contributed by atoms with Crippen LogP contribution in [0.1, 0.15) is 48.5 Å². The average molecular weight is 298 g/mol. The molecule has 0 spiro atoms. The molecule has 0 bridgehead atoms. The molecule has 0 aromatic heterocycles. The molecule has 0 aromatic rings. The second-order valence-electron chi connectivity index (χ2n) is 7.19. The second kappa shape index (κ2) is 5.63. The fourth-order valence-corrected chi connectivity index (χ4v) is 1.77. The molecular weight excluding hydrogens is 272 g/mol. The van der Waals surface area contributed by atoms with Crippen LogP contribution in [0.25, 0.3) is 0 Å². The molecule has 1 atom stereocenters. The van der Waals surface area contributed by atoms with Gasteiger partial charge in [-0.05, 0) is 27.7 Å². The third kappa shape index (κ3) is 4.17. The summed E-state index contributed by atoms with van der Waals surface area (Å²) in [4.78, 5) is 17.5. The first-order valence-electron chi connectivity index (χ1n) is 6.92. The summed E-state index contributed by atoms with van der Waals surface area (Å²) in [6.45, 7) is 13.0. The van der Waals surface area contributed by atoms with Gasteiger partial charge in [-0.2, -0.15) is 5.10 Å². The Morgan fingerprint density at radius 2 is 1.86 bits per heavy atom. The zero-order chi connectivity index (χ0) is 16.6. The SMILES string of the molecule is CC(=NOC(C)(C)C)N(O)C1C(=O)N(C)N=C1C(C)(C)C. The summed E-state index contributed by atoms with van der Waals surface area (Å²) in [5.41, 5.74) is -0.237. The van der Waals surface area contributed by atoms with Gasteiger partial charge in [0.05, 0.1) is 5.71 Å². The minimum atomic E-state index is -0.873. The fraction of sp³-hybridized carbons (Fsp3) is 0.786. The summed E-state index contributed by atoms with van der Waals surface area (Å²) in [6, 6.07) is -0.873. The molecule has 7 nitrogen and oxygen atoms in total. The van der Waals surface area contributed by atoms with Crippen molar-refractivity contribution < 1.29 is 14.8 Å². The van der Waals surface area contributed by atoms with E-state index in [0.717, 1.165) is 5.06 Å². The molecule has 1 aliphatic heterocycles. The number of hydrogen-bond acceptors (Lipinski definition) is 5. The predicted octanol–water partition coefficient (Wildman–Crippen LogP) is 2.07. The number of amidine groups is 1. The van der Waals surface area contributed by atoms with E-state index in [1.165, 1.54) is 5.01 Å². The second-order valence-corrected chi connectivity index (χ2v) is 7.19. The highest BCUT2D eigenvalue weighted by molar-refractivity contribution is 6.15. The molecule has 0 saturated heterocycles. The molecular formula is C14H26N4O3. The molecule has 0 radical (unpaired) electrons. The van der Waals surface area contributed by atoms with Gasteiger partial charge >= 0.3 is 0 Å². The van der Waals surface area contributed by atoms with Crippen LogP contribution >= 0.6 is 0 Å². The lowest BCUT2D eigenvalue weighted by atomic mass is 9.85. The van der Waals surface area contributed by atoms with E-state index in [1.54, 1.807) is 14.0 Å². The van der Waals surface area contributed by atoms with Crippen LogP contribution in [0.2, 0.25) is 0 Å². The lowest BCUT2D eigenvalue weighted by Crippen LogP contribution is -2.49. The average Bonchev–Trinajstić information content (AvgIpc) is 2.61. The largest absolute Gasteiger partial charge is 0.389 e. The number of hydrazone groups is 1. The van der Waals surface area contributed by atoms with E-state index in [0.29, 0.717) is 5.71 Å². The highest BCUT2D eigenvalue weighted by atomic mass is 16.7. The zero-order valence-corrected chi connectivity index (χ0v) is 14.1. The number of amides is 1. The van der Waals surface area contributed by atoms with Gasteiger partial charge in [-0.1, -0.05) is 25.9 Å². The van der Waals surface area contributed by atoms with Gasteiger partial charge in [0, 0.05) is 12.5 Å². The molecule has 1 heterocycles. The first-order valence-corrected chi connectivity index (χ1v) is 6.92. The molecule has 1 rings (SSSR count). The molecule has 21 heavy (non-hydrogen) atoms. The number of oxime groups is 1. The first kappa shape index (κ1) is 17.4. The van der Waals surface area contributed by atoms with Crippen molar-refractivity contribution >= 4 is 17.5 Å². The van der Waals surface area contributed by atoms with Gasteiger partial charge in [-0.15, -0.1) is 0 Å². The van der Waals surface area contributed by atoms with Gasteiger partial charge in [0.25, 0.3) is 5.91 Å². The molecule has 120 valence electrons. The monoisotopic (exact) mass is 298 g/mol. The van der Waals surface area contributed by atoms with Crippen LogP contribution in [-0.4, -0.2) is 51.4 Å². The smallest absolute Gasteiger partial charge is 0.273 e. The molecule has 0 aliphatic carbocycles. The number of rotatable bonds is 2. The Bertz CT molecular complexity index is 472. The number of nitrogens with zero attached hydrogens (tertiary/aromatic N) is 4. The Labute approximate surface area is 126 Å². The van der Waals surface area contributed by atoms with Crippen LogP contribution in [-0.2, 0) is 9.63 Å². The van der Waals surface area contributed by atoms with Gasteiger partial charge in [0.15, 0.2) is 11.9 Å². The van der Waals surface area contributed by atoms with Crippen LogP contribution in [0.15, 0.2) is 10.3 Å². The first-order chi connectivity index (χ1) is 9.34. The highest BCUT2D eigenvalue weighted by Gasteiger charge is 2.44. The number of likely N-dealkylation sites (N-methyl/N-ethyl adjacent to an activating group) is 1. The quantitative estimate of drug-likeness (QED) is 0.481. The van der Waals surface area contributed by atoms with Crippen LogP contribution in [0, 0.1) is 5.41 Å². The molecule has 1 N–H and O–H groups in total. The molecule has 1 amide bonds. The van der Waals surface area contributed by atoms with Gasteiger partial charge in [-0.3, -0.25) is 10.0 Å². The van der Waals surface area contributed by atoms with E-state index in [9.17, 15) is 10.0 Å². The minimum Gasteiger partial charge on any atom is -0.389 e. The number of carbonyl (C=O) groups excluding carboxylic acids is 1. The third-order valence-electron chi connectivity index (χ3n) is 2.87. The summed E-state index contributed by atoms with van der Waals surface area (Å²) in [6.07, 6.45) is 0. The summed E-state index contributed by atoms with van der Waals surface area (Å²) < 4.78 is 0. The van der Waals surface area contributed by atoms with E-state index < -0.39 is 11.6 Å². The van der Waals surface area contributed by atoms with E-state index in [-0.39, 0.29) is 17.2 Å². The Balaban J connectivity index is 3.02. The normalized spacial score (nSPS) is 20.7. The topological polar surface area (TPSA) is 77.7 Å². The van der Waals surface area contributed by atoms with Gasteiger partial charge in [0.2, 0.25) is 0 Å². The maximum absolute atomic E-state index is 12.2. The van der Waals surface area contributed by atoms with Crippen LogP contribution in [0.5, 0.6) is 0 Å². The Morgan fingerprint density at radius 1 is 1.33 bits per heavy atom.